The van der Waals surface area contributed by atoms with Gasteiger partial charge in [-0.25, -0.2) is 9.97 Å². The molecule has 0 aliphatic heterocycles. The van der Waals surface area contributed by atoms with Crippen LogP contribution in [0.4, 0.5) is 5.82 Å². The van der Waals surface area contributed by atoms with Crippen molar-refractivity contribution in [1.82, 2.24) is 9.97 Å². The molecule has 2 aromatic heterocycles. The molecule has 0 atom stereocenters. The van der Waals surface area contributed by atoms with Gasteiger partial charge in [-0.15, -0.1) is 11.3 Å². The summed E-state index contributed by atoms with van der Waals surface area (Å²) in [6.07, 6.45) is 0.975. The molecule has 0 saturated heterocycles. The summed E-state index contributed by atoms with van der Waals surface area (Å²) in [6, 6.07) is 9.86. The number of aromatic nitrogens is 2. The van der Waals surface area contributed by atoms with Crippen LogP contribution in [0.2, 0.25) is 10.3 Å². The van der Waals surface area contributed by atoms with E-state index in [0.717, 1.165) is 33.0 Å². The molecule has 108 valence electrons. The average molecular weight is 338 g/mol. The van der Waals surface area contributed by atoms with Crippen LogP contribution in [-0.4, -0.2) is 9.97 Å². The number of benzene rings is 1. The first-order valence-corrected chi connectivity index (χ1v) is 8.18. The fourth-order valence-electron chi connectivity index (χ4n) is 2.08. The lowest BCUT2D eigenvalue weighted by Gasteiger charge is -2.08. The number of aryl methyl sites for hydroxylation is 1. The van der Waals surface area contributed by atoms with Gasteiger partial charge in [0.25, 0.3) is 0 Å². The number of rotatable bonds is 4. The number of fused-ring (bicyclic) bond motifs is 1. The molecule has 1 N–H and O–H groups in total. The summed E-state index contributed by atoms with van der Waals surface area (Å²) < 4.78 is 0. The fraction of sp³-hybridized carbons (Fsp3) is 0.200. The van der Waals surface area contributed by atoms with E-state index in [-0.39, 0.29) is 5.28 Å². The highest BCUT2D eigenvalue weighted by molar-refractivity contribution is 7.18. The van der Waals surface area contributed by atoms with E-state index in [9.17, 15) is 0 Å². The molecule has 6 heteroatoms. The quantitative estimate of drug-likeness (QED) is 0.667. The van der Waals surface area contributed by atoms with Crippen molar-refractivity contribution < 1.29 is 0 Å². The van der Waals surface area contributed by atoms with Crippen molar-refractivity contribution in [3.63, 3.8) is 0 Å². The predicted octanol–water partition coefficient (Wildman–Crippen LogP) is 5.17. The normalized spacial score (nSPS) is 11.0. The molecule has 0 spiro atoms. The Morgan fingerprint density at radius 2 is 2.00 bits per heavy atom. The molecule has 3 rings (SSSR count). The zero-order chi connectivity index (χ0) is 14.8. The lowest BCUT2D eigenvalue weighted by atomic mass is 10.2. The van der Waals surface area contributed by atoms with Gasteiger partial charge in [0.1, 0.15) is 10.6 Å². The number of nitrogens with one attached hydrogen (secondary N) is 1. The van der Waals surface area contributed by atoms with Gasteiger partial charge < -0.3 is 5.32 Å². The number of halogens is 2. The van der Waals surface area contributed by atoms with Gasteiger partial charge in [0, 0.05) is 16.4 Å². The molecule has 3 aromatic rings. The standard InChI is InChI=1S/C15H13Cl2N3S/c1-2-10-7-11-13(19-15(17)20-14(11)21-10)18-8-9-5-3-4-6-12(9)16/h3-7H,2,8H2,1H3,(H,18,19,20). The van der Waals surface area contributed by atoms with Crippen LogP contribution in [0.25, 0.3) is 10.2 Å². The van der Waals surface area contributed by atoms with E-state index in [0.29, 0.717) is 6.54 Å². The molecule has 0 unspecified atom stereocenters. The Labute approximate surface area is 137 Å². The van der Waals surface area contributed by atoms with Gasteiger partial charge in [-0.1, -0.05) is 36.7 Å². The van der Waals surface area contributed by atoms with Crippen molar-refractivity contribution in [2.24, 2.45) is 0 Å². The van der Waals surface area contributed by atoms with Crippen molar-refractivity contribution in [1.29, 1.82) is 0 Å². The summed E-state index contributed by atoms with van der Waals surface area (Å²) >= 11 is 13.8. The Kier molecular flexibility index (Phi) is 4.29. The summed E-state index contributed by atoms with van der Waals surface area (Å²) in [5.74, 6) is 0.751. The van der Waals surface area contributed by atoms with Crippen molar-refractivity contribution in [2.45, 2.75) is 19.9 Å². The highest BCUT2D eigenvalue weighted by atomic mass is 35.5. The van der Waals surface area contributed by atoms with Crippen LogP contribution in [0.3, 0.4) is 0 Å². The lowest BCUT2D eigenvalue weighted by molar-refractivity contribution is 1.10. The molecule has 0 radical (unpaired) electrons. The molecule has 2 heterocycles. The average Bonchev–Trinajstić information content (AvgIpc) is 2.89. The second-order valence-electron chi connectivity index (χ2n) is 4.57. The molecule has 0 aliphatic carbocycles. The molecule has 0 saturated carbocycles. The maximum absolute atomic E-state index is 6.17. The van der Waals surface area contributed by atoms with Crippen molar-refractivity contribution >= 4 is 50.6 Å². The zero-order valence-corrected chi connectivity index (χ0v) is 13.7. The minimum atomic E-state index is 0.258. The molecular formula is C15H13Cl2N3S. The SMILES string of the molecule is CCc1cc2c(NCc3ccccc3Cl)nc(Cl)nc2s1. The van der Waals surface area contributed by atoms with Crippen LogP contribution in [0.5, 0.6) is 0 Å². The molecular weight excluding hydrogens is 325 g/mol. The summed E-state index contributed by atoms with van der Waals surface area (Å²) in [7, 11) is 0. The molecule has 0 aliphatic rings. The van der Waals surface area contributed by atoms with E-state index in [2.05, 4.69) is 28.3 Å². The topological polar surface area (TPSA) is 37.8 Å². The van der Waals surface area contributed by atoms with Crippen LogP contribution >= 0.6 is 34.5 Å². The third kappa shape index (κ3) is 3.12. The molecule has 1 aromatic carbocycles. The van der Waals surface area contributed by atoms with E-state index in [1.807, 2.05) is 24.3 Å². The summed E-state index contributed by atoms with van der Waals surface area (Å²) in [5, 5.41) is 5.31. The summed E-state index contributed by atoms with van der Waals surface area (Å²) in [4.78, 5) is 10.8. The number of hydrogen-bond acceptors (Lipinski definition) is 4. The number of hydrogen-bond donors (Lipinski definition) is 1. The number of anilines is 1. The fourth-order valence-corrected chi connectivity index (χ4v) is 3.46. The number of nitrogens with zero attached hydrogens (tertiary/aromatic N) is 2. The van der Waals surface area contributed by atoms with Crippen LogP contribution in [0, 0.1) is 0 Å². The van der Waals surface area contributed by atoms with E-state index >= 15 is 0 Å². The molecule has 3 nitrogen and oxygen atoms in total. The van der Waals surface area contributed by atoms with Crippen LogP contribution in [-0.2, 0) is 13.0 Å². The summed E-state index contributed by atoms with van der Waals surface area (Å²) in [5.41, 5.74) is 1.02. The molecule has 21 heavy (non-hydrogen) atoms. The largest absolute Gasteiger partial charge is 0.365 e. The van der Waals surface area contributed by atoms with Gasteiger partial charge in [-0.2, -0.15) is 0 Å². The Balaban J connectivity index is 1.93. The molecule has 0 bridgehead atoms. The Morgan fingerprint density at radius 1 is 1.19 bits per heavy atom. The van der Waals surface area contributed by atoms with Crippen molar-refractivity contribution in [2.75, 3.05) is 5.32 Å². The van der Waals surface area contributed by atoms with Gasteiger partial charge in [0.15, 0.2) is 0 Å². The molecule has 0 amide bonds. The Bertz CT molecular complexity index is 786. The predicted molar refractivity (Wildman–Crippen MR) is 90.6 cm³/mol. The third-order valence-electron chi connectivity index (χ3n) is 3.17. The van der Waals surface area contributed by atoms with Crippen LogP contribution in [0.15, 0.2) is 30.3 Å². The highest BCUT2D eigenvalue weighted by Crippen LogP contribution is 2.30. The lowest BCUT2D eigenvalue weighted by Crippen LogP contribution is -2.03. The smallest absolute Gasteiger partial charge is 0.225 e. The first kappa shape index (κ1) is 14.6. The van der Waals surface area contributed by atoms with Gasteiger partial charge in [0.2, 0.25) is 5.28 Å². The maximum Gasteiger partial charge on any atom is 0.225 e. The highest BCUT2D eigenvalue weighted by Gasteiger charge is 2.10. The van der Waals surface area contributed by atoms with Crippen LogP contribution < -0.4 is 5.32 Å². The minimum absolute atomic E-state index is 0.258. The van der Waals surface area contributed by atoms with E-state index < -0.39 is 0 Å². The van der Waals surface area contributed by atoms with Crippen molar-refractivity contribution in [3.05, 3.63) is 51.1 Å². The summed E-state index contributed by atoms with van der Waals surface area (Å²) in [6.45, 7) is 2.72. The Hall–Kier alpha value is -1.36. The Morgan fingerprint density at radius 3 is 2.76 bits per heavy atom. The van der Waals surface area contributed by atoms with E-state index in [1.165, 1.54) is 4.88 Å². The minimum Gasteiger partial charge on any atom is -0.365 e. The van der Waals surface area contributed by atoms with Crippen molar-refractivity contribution in [3.8, 4) is 0 Å². The third-order valence-corrected chi connectivity index (χ3v) is 4.88. The molecule has 0 fully saturated rings. The van der Waals surface area contributed by atoms with Gasteiger partial charge in [-0.3, -0.25) is 0 Å². The number of thiophene rings is 1. The zero-order valence-electron chi connectivity index (χ0n) is 11.4. The van der Waals surface area contributed by atoms with E-state index in [4.69, 9.17) is 23.2 Å². The first-order chi connectivity index (χ1) is 10.2. The van der Waals surface area contributed by atoms with Gasteiger partial charge in [-0.05, 0) is 35.7 Å². The maximum atomic E-state index is 6.17. The van der Waals surface area contributed by atoms with Crippen LogP contribution in [0.1, 0.15) is 17.4 Å². The monoisotopic (exact) mass is 337 g/mol. The van der Waals surface area contributed by atoms with Gasteiger partial charge >= 0.3 is 0 Å². The van der Waals surface area contributed by atoms with Gasteiger partial charge in [0.05, 0.1) is 5.39 Å². The second kappa shape index (κ2) is 6.18. The van der Waals surface area contributed by atoms with E-state index in [1.54, 1.807) is 11.3 Å². The first-order valence-electron chi connectivity index (χ1n) is 6.60. The second-order valence-corrected chi connectivity index (χ2v) is 6.43.